The summed E-state index contributed by atoms with van der Waals surface area (Å²) in [7, 11) is 3.17. The summed E-state index contributed by atoms with van der Waals surface area (Å²) in [5, 5.41) is 8.52. The van der Waals surface area contributed by atoms with E-state index in [1.807, 2.05) is 4.90 Å². The van der Waals surface area contributed by atoms with E-state index in [1.54, 1.807) is 32.4 Å². The van der Waals surface area contributed by atoms with E-state index < -0.39 is 0 Å². The lowest BCUT2D eigenvalue weighted by atomic mass is 10.0. The van der Waals surface area contributed by atoms with Crippen LogP contribution in [0.3, 0.4) is 0 Å². The predicted molar refractivity (Wildman–Crippen MR) is 103 cm³/mol. The van der Waals surface area contributed by atoms with Gasteiger partial charge in [-0.2, -0.15) is 0 Å². The summed E-state index contributed by atoms with van der Waals surface area (Å²) >= 11 is 1.28. The lowest BCUT2D eigenvalue weighted by molar-refractivity contribution is -0.132. The second-order valence-electron chi connectivity index (χ2n) is 6.41. The number of likely N-dealkylation sites (tertiary alicyclic amines) is 1. The van der Waals surface area contributed by atoms with E-state index >= 15 is 0 Å². The van der Waals surface area contributed by atoms with Gasteiger partial charge in [-0.15, -0.1) is 10.2 Å². The number of nitrogens with zero attached hydrogens (tertiary/aromatic N) is 3. The van der Waals surface area contributed by atoms with E-state index in [-0.39, 0.29) is 5.91 Å². The smallest absolute Gasteiger partial charge is 0.277 e. The number of thioether (sulfide) groups is 1. The molecule has 0 N–H and O–H groups in total. The second-order valence-corrected chi connectivity index (χ2v) is 7.33. The maximum Gasteiger partial charge on any atom is 0.277 e. The van der Waals surface area contributed by atoms with Crippen LogP contribution in [-0.2, 0) is 4.79 Å². The molecule has 146 valence electrons. The van der Waals surface area contributed by atoms with E-state index in [0.717, 1.165) is 25.8 Å². The zero-order valence-electron chi connectivity index (χ0n) is 15.9. The largest absolute Gasteiger partial charge is 0.497 e. The standard InChI is InChI=1S/C19H25N3O4S/c1-4-14-7-5-6-8-22(14)17(23)12-27-19-21-20-18(26-19)13-9-15(24-2)11-16(10-13)25-3/h9-11,14H,4-8,12H2,1-3H3. The molecule has 1 aliphatic rings. The zero-order valence-corrected chi connectivity index (χ0v) is 16.8. The average molecular weight is 391 g/mol. The van der Waals surface area contributed by atoms with Gasteiger partial charge in [0, 0.05) is 24.2 Å². The van der Waals surface area contributed by atoms with Gasteiger partial charge in [-0.3, -0.25) is 4.79 Å². The topological polar surface area (TPSA) is 77.7 Å². The summed E-state index contributed by atoms with van der Waals surface area (Å²) in [5.74, 6) is 2.09. The molecule has 8 heteroatoms. The molecule has 1 amide bonds. The van der Waals surface area contributed by atoms with Crippen molar-refractivity contribution in [2.24, 2.45) is 0 Å². The zero-order chi connectivity index (χ0) is 19.2. The third kappa shape index (κ3) is 4.74. The van der Waals surface area contributed by atoms with E-state index in [0.29, 0.717) is 40.0 Å². The van der Waals surface area contributed by atoms with Crippen LogP contribution in [0.15, 0.2) is 27.8 Å². The van der Waals surface area contributed by atoms with Crippen LogP contribution in [0.1, 0.15) is 32.6 Å². The Morgan fingerprint density at radius 1 is 1.22 bits per heavy atom. The van der Waals surface area contributed by atoms with Crippen molar-refractivity contribution in [2.45, 2.75) is 43.9 Å². The van der Waals surface area contributed by atoms with Gasteiger partial charge in [-0.05, 0) is 37.8 Å². The Balaban J connectivity index is 1.65. The average Bonchev–Trinajstić information content (AvgIpc) is 3.20. The Bertz CT molecular complexity index is 758. The quantitative estimate of drug-likeness (QED) is 0.667. The van der Waals surface area contributed by atoms with Gasteiger partial charge in [-0.1, -0.05) is 18.7 Å². The Labute approximate surface area is 163 Å². The van der Waals surface area contributed by atoms with E-state index in [4.69, 9.17) is 13.9 Å². The minimum atomic E-state index is 0.134. The molecule has 1 aromatic heterocycles. The molecule has 0 spiro atoms. The van der Waals surface area contributed by atoms with Crippen LogP contribution >= 0.6 is 11.8 Å². The van der Waals surface area contributed by atoms with Crippen molar-refractivity contribution in [1.82, 2.24) is 15.1 Å². The molecule has 27 heavy (non-hydrogen) atoms. The molecule has 7 nitrogen and oxygen atoms in total. The van der Waals surface area contributed by atoms with Crippen LogP contribution in [0.5, 0.6) is 11.5 Å². The molecule has 3 rings (SSSR count). The Kier molecular flexibility index (Phi) is 6.60. The summed E-state index contributed by atoms with van der Waals surface area (Å²) in [6.07, 6.45) is 4.37. The van der Waals surface area contributed by atoms with E-state index in [1.165, 1.54) is 18.2 Å². The maximum absolute atomic E-state index is 12.6. The van der Waals surface area contributed by atoms with Crippen LogP contribution in [-0.4, -0.2) is 53.6 Å². The van der Waals surface area contributed by atoms with Crippen molar-refractivity contribution >= 4 is 17.7 Å². The molecular weight excluding hydrogens is 366 g/mol. The number of methoxy groups -OCH3 is 2. The number of aromatic nitrogens is 2. The van der Waals surface area contributed by atoms with Gasteiger partial charge in [0.2, 0.25) is 11.8 Å². The number of amides is 1. The summed E-state index contributed by atoms with van der Waals surface area (Å²) in [4.78, 5) is 14.6. The summed E-state index contributed by atoms with van der Waals surface area (Å²) in [5.41, 5.74) is 0.707. The maximum atomic E-state index is 12.6. The molecule has 1 fully saturated rings. The van der Waals surface area contributed by atoms with Crippen molar-refractivity contribution in [3.8, 4) is 23.0 Å². The lowest BCUT2D eigenvalue weighted by Crippen LogP contribution is -2.44. The van der Waals surface area contributed by atoms with Crippen LogP contribution < -0.4 is 9.47 Å². The number of rotatable bonds is 7. The lowest BCUT2D eigenvalue weighted by Gasteiger charge is -2.35. The van der Waals surface area contributed by atoms with Gasteiger partial charge >= 0.3 is 0 Å². The molecule has 1 saturated heterocycles. The molecule has 2 heterocycles. The molecule has 0 saturated carbocycles. The van der Waals surface area contributed by atoms with Gasteiger partial charge in [0.25, 0.3) is 5.22 Å². The number of carbonyl (C=O) groups is 1. The number of hydrogen-bond donors (Lipinski definition) is 0. The van der Waals surface area contributed by atoms with Crippen LogP contribution in [0.2, 0.25) is 0 Å². The predicted octanol–water partition coefficient (Wildman–Crippen LogP) is 3.64. The normalized spacial score (nSPS) is 17.0. The third-order valence-electron chi connectivity index (χ3n) is 4.74. The van der Waals surface area contributed by atoms with Gasteiger partial charge < -0.3 is 18.8 Å². The van der Waals surface area contributed by atoms with Gasteiger partial charge in [-0.25, -0.2) is 0 Å². The molecular formula is C19H25N3O4S. The van der Waals surface area contributed by atoms with Gasteiger partial charge in [0.1, 0.15) is 11.5 Å². The fraction of sp³-hybridized carbons (Fsp3) is 0.526. The molecule has 0 aliphatic carbocycles. The monoisotopic (exact) mass is 391 g/mol. The Morgan fingerprint density at radius 2 is 1.96 bits per heavy atom. The molecule has 0 radical (unpaired) electrons. The first-order valence-corrected chi connectivity index (χ1v) is 10.1. The Hall–Kier alpha value is -2.22. The number of ether oxygens (including phenoxy) is 2. The molecule has 1 aliphatic heterocycles. The van der Waals surface area contributed by atoms with Crippen molar-refractivity contribution in [1.29, 1.82) is 0 Å². The van der Waals surface area contributed by atoms with Crippen LogP contribution in [0.25, 0.3) is 11.5 Å². The molecule has 1 atom stereocenters. The highest BCUT2D eigenvalue weighted by Crippen LogP contribution is 2.30. The number of hydrogen-bond acceptors (Lipinski definition) is 7. The first-order chi connectivity index (χ1) is 13.1. The highest BCUT2D eigenvalue weighted by atomic mass is 32.2. The van der Waals surface area contributed by atoms with Crippen LogP contribution in [0.4, 0.5) is 0 Å². The van der Waals surface area contributed by atoms with Crippen molar-refractivity contribution in [2.75, 3.05) is 26.5 Å². The minimum Gasteiger partial charge on any atom is -0.497 e. The molecule has 1 aromatic carbocycles. The van der Waals surface area contributed by atoms with Crippen molar-refractivity contribution in [3.05, 3.63) is 18.2 Å². The second kappa shape index (κ2) is 9.12. The molecule has 2 aromatic rings. The number of carbonyl (C=O) groups excluding carboxylic acids is 1. The molecule has 0 bridgehead atoms. The first kappa shape index (κ1) is 19.5. The molecule has 1 unspecified atom stereocenters. The third-order valence-corrected chi connectivity index (χ3v) is 5.55. The van der Waals surface area contributed by atoms with E-state index in [2.05, 4.69) is 17.1 Å². The first-order valence-electron chi connectivity index (χ1n) is 9.13. The van der Waals surface area contributed by atoms with Crippen molar-refractivity contribution in [3.63, 3.8) is 0 Å². The van der Waals surface area contributed by atoms with Gasteiger partial charge in [0.05, 0.1) is 20.0 Å². The van der Waals surface area contributed by atoms with Crippen molar-refractivity contribution < 1.29 is 18.7 Å². The SMILES string of the molecule is CCC1CCCCN1C(=O)CSc1nnc(-c2cc(OC)cc(OC)c2)o1. The fourth-order valence-electron chi connectivity index (χ4n) is 3.28. The summed E-state index contributed by atoms with van der Waals surface area (Å²) in [6, 6.07) is 5.73. The highest BCUT2D eigenvalue weighted by molar-refractivity contribution is 7.99. The van der Waals surface area contributed by atoms with E-state index in [9.17, 15) is 4.79 Å². The minimum absolute atomic E-state index is 0.134. The van der Waals surface area contributed by atoms with Crippen LogP contribution in [0, 0.1) is 0 Å². The fourth-order valence-corrected chi connectivity index (χ4v) is 3.92. The van der Waals surface area contributed by atoms with Gasteiger partial charge in [0.15, 0.2) is 0 Å². The Morgan fingerprint density at radius 3 is 2.63 bits per heavy atom. The highest BCUT2D eigenvalue weighted by Gasteiger charge is 2.25. The summed E-state index contributed by atoms with van der Waals surface area (Å²) < 4.78 is 16.3. The number of benzene rings is 1. The summed E-state index contributed by atoms with van der Waals surface area (Å²) in [6.45, 7) is 2.98. The number of piperidine rings is 1.